The lowest BCUT2D eigenvalue weighted by Crippen LogP contribution is -2.63. The molecule has 0 N–H and O–H groups in total. The van der Waals surface area contributed by atoms with Gasteiger partial charge in [0, 0.05) is 39.1 Å². The van der Waals surface area contributed by atoms with E-state index in [2.05, 4.69) is 15.9 Å². The number of nitro groups is 1. The highest BCUT2D eigenvalue weighted by Gasteiger charge is 2.53. The summed E-state index contributed by atoms with van der Waals surface area (Å²) < 4.78 is 32.4. The van der Waals surface area contributed by atoms with Crippen molar-refractivity contribution < 1.29 is 52.5 Å². The van der Waals surface area contributed by atoms with Gasteiger partial charge in [-0.3, -0.25) is 29.3 Å². The van der Waals surface area contributed by atoms with Crippen LogP contribution in [0.4, 0.5) is 5.69 Å². The van der Waals surface area contributed by atoms with Crippen molar-refractivity contribution in [3.05, 3.63) is 33.9 Å². The molecule has 1 heterocycles. The molecule has 35 heavy (non-hydrogen) atoms. The van der Waals surface area contributed by atoms with E-state index in [-0.39, 0.29) is 5.75 Å². The average Bonchev–Trinajstić information content (AvgIpc) is 2.75. The van der Waals surface area contributed by atoms with E-state index in [9.17, 15) is 29.3 Å². The summed E-state index contributed by atoms with van der Waals surface area (Å²) in [6, 6.07) is 4.15. The molecule has 0 radical (unpaired) electrons. The number of halogens is 1. The average molecular weight is 562 g/mol. The summed E-state index contributed by atoms with van der Waals surface area (Å²) in [7, 11) is 0. The van der Waals surface area contributed by atoms with Crippen LogP contribution in [0.15, 0.2) is 18.2 Å². The largest absolute Gasteiger partial charge is 0.463 e. The minimum absolute atomic E-state index is 0.236. The molecule has 0 saturated carbocycles. The van der Waals surface area contributed by atoms with E-state index in [1.807, 2.05) is 0 Å². The number of nitrogens with zero attached hydrogens (tertiary/aromatic N) is 1. The SMILES string of the molecule is CC(=O)OC[C@H]1O[C@H](Oc2ccc(CBr)cc2[N+](=O)[O-])[C@H](OC(C)=O)[C@@H](OC(C)=O)[C@H]1OC(C)=O. The first-order chi connectivity index (χ1) is 16.4. The van der Waals surface area contributed by atoms with Gasteiger partial charge in [0.2, 0.25) is 12.4 Å². The molecular formula is C21H24BrNO12. The Morgan fingerprint density at radius 2 is 1.51 bits per heavy atom. The van der Waals surface area contributed by atoms with Gasteiger partial charge in [0.25, 0.3) is 0 Å². The maximum absolute atomic E-state index is 11.9. The highest BCUT2D eigenvalue weighted by Crippen LogP contribution is 2.35. The molecule has 5 atom stereocenters. The molecule has 0 aromatic heterocycles. The van der Waals surface area contributed by atoms with Gasteiger partial charge in [-0.05, 0) is 11.6 Å². The molecule has 1 fully saturated rings. The van der Waals surface area contributed by atoms with E-state index in [1.54, 1.807) is 6.07 Å². The summed E-state index contributed by atoms with van der Waals surface area (Å²) in [4.78, 5) is 57.8. The Morgan fingerprint density at radius 3 is 2.03 bits per heavy atom. The molecule has 0 amide bonds. The molecule has 0 spiro atoms. The molecule has 0 unspecified atom stereocenters. The molecule has 0 aliphatic carbocycles. The molecule has 13 nitrogen and oxygen atoms in total. The predicted molar refractivity (Wildman–Crippen MR) is 118 cm³/mol. The van der Waals surface area contributed by atoms with Crippen molar-refractivity contribution in [3.63, 3.8) is 0 Å². The number of carbonyl (C=O) groups excluding carboxylic acids is 4. The lowest BCUT2D eigenvalue weighted by molar-refractivity contribution is -0.387. The quantitative estimate of drug-likeness (QED) is 0.141. The van der Waals surface area contributed by atoms with Gasteiger partial charge in [-0.1, -0.05) is 22.0 Å². The van der Waals surface area contributed by atoms with Crippen LogP contribution in [0.3, 0.4) is 0 Å². The Hall–Kier alpha value is -3.26. The van der Waals surface area contributed by atoms with Crippen molar-refractivity contribution in [2.45, 2.75) is 63.7 Å². The molecular weight excluding hydrogens is 538 g/mol. The molecule has 1 aromatic rings. The molecule has 2 rings (SSSR count). The van der Waals surface area contributed by atoms with Crippen LogP contribution in [0.2, 0.25) is 0 Å². The number of rotatable bonds is 9. The van der Waals surface area contributed by atoms with Gasteiger partial charge in [0.05, 0.1) is 4.92 Å². The fraction of sp³-hybridized carbons (Fsp3) is 0.524. The Bertz CT molecular complexity index is 983. The van der Waals surface area contributed by atoms with Crippen LogP contribution in [-0.4, -0.2) is 66.1 Å². The first-order valence-corrected chi connectivity index (χ1v) is 11.4. The Labute approximate surface area is 208 Å². The van der Waals surface area contributed by atoms with Gasteiger partial charge in [0.1, 0.15) is 12.7 Å². The zero-order valence-corrected chi connectivity index (χ0v) is 20.8. The minimum Gasteiger partial charge on any atom is -0.463 e. The lowest BCUT2D eigenvalue weighted by atomic mass is 9.98. The fourth-order valence-electron chi connectivity index (χ4n) is 3.30. The molecule has 0 bridgehead atoms. The summed E-state index contributed by atoms with van der Waals surface area (Å²) in [5, 5.41) is 12.0. The summed E-state index contributed by atoms with van der Waals surface area (Å²) in [5.41, 5.74) is 0.181. The number of alkyl halides is 1. The van der Waals surface area contributed by atoms with Crippen molar-refractivity contribution in [2.24, 2.45) is 0 Å². The second kappa shape index (κ2) is 12.4. The van der Waals surface area contributed by atoms with Crippen molar-refractivity contribution in [1.29, 1.82) is 0 Å². The van der Waals surface area contributed by atoms with E-state index < -0.39 is 71.8 Å². The first-order valence-electron chi connectivity index (χ1n) is 10.2. The van der Waals surface area contributed by atoms with Crippen molar-refractivity contribution in [3.8, 4) is 5.75 Å². The van der Waals surface area contributed by atoms with Gasteiger partial charge < -0.3 is 28.4 Å². The standard InChI is InChI=1S/C21H24BrNO12/c1-10(24)30-9-17-18(31-11(2)25)19(32-12(3)26)20(33-13(4)27)21(35-17)34-16-6-5-14(8-22)7-15(16)23(28)29/h5-7,17-21H,8-9H2,1-4H3/t17-,18+,19+,20-,21+/m1/s1. The summed E-state index contributed by atoms with van der Waals surface area (Å²) in [6.45, 7) is 3.92. The summed E-state index contributed by atoms with van der Waals surface area (Å²) in [5.74, 6) is -3.34. The fourth-order valence-corrected chi connectivity index (χ4v) is 3.65. The van der Waals surface area contributed by atoms with Crippen molar-refractivity contribution in [2.75, 3.05) is 6.61 Å². The van der Waals surface area contributed by atoms with Crippen LogP contribution in [0.5, 0.6) is 5.75 Å². The third kappa shape index (κ3) is 7.89. The Balaban J connectivity index is 2.55. The van der Waals surface area contributed by atoms with Gasteiger partial charge in [-0.2, -0.15) is 0 Å². The van der Waals surface area contributed by atoms with Crippen LogP contribution in [0.1, 0.15) is 33.3 Å². The van der Waals surface area contributed by atoms with Crippen molar-refractivity contribution in [1.82, 2.24) is 0 Å². The lowest BCUT2D eigenvalue weighted by Gasteiger charge is -2.43. The van der Waals surface area contributed by atoms with Gasteiger partial charge >= 0.3 is 29.6 Å². The summed E-state index contributed by atoms with van der Waals surface area (Å²) >= 11 is 3.22. The zero-order chi connectivity index (χ0) is 26.3. The van der Waals surface area contributed by atoms with Crippen LogP contribution in [0, 0.1) is 10.1 Å². The highest BCUT2D eigenvalue weighted by atomic mass is 79.9. The zero-order valence-electron chi connectivity index (χ0n) is 19.3. The van der Waals surface area contributed by atoms with Crippen molar-refractivity contribution >= 4 is 45.5 Å². The first kappa shape index (κ1) is 28.0. The summed E-state index contributed by atoms with van der Waals surface area (Å²) in [6.07, 6.45) is -7.16. The Morgan fingerprint density at radius 1 is 0.943 bits per heavy atom. The monoisotopic (exact) mass is 561 g/mol. The third-order valence-corrected chi connectivity index (χ3v) is 5.21. The van der Waals surface area contributed by atoms with Crippen LogP contribution < -0.4 is 4.74 Å². The number of carbonyl (C=O) groups is 4. The number of ether oxygens (including phenoxy) is 6. The number of hydrogen-bond acceptors (Lipinski definition) is 12. The number of esters is 4. The molecule has 1 aromatic carbocycles. The number of nitro benzene ring substituents is 1. The number of benzene rings is 1. The van der Waals surface area contributed by atoms with Gasteiger partial charge in [-0.25, -0.2) is 0 Å². The van der Waals surface area contributed by atoms with Gasteiger partial charge in [0.15, 0.2) is 18.0 Å². The smallest absolute Gasteiger partial charge is 0.311 e. The second-order valence-corrected chi connectivity index (χ2v) is 7.94. The maximum Gasteiger partial charge on any atom is 0.311 e. The minimum atomic E-state index is -1.58. The van der Waals surface area contributed by atoms with Crippen LogP contribution in [-0.2, 0) is 48.2 Å². The molecule has 192 valence electrons. The Kier molecular flexibility index (Phi) is 9.95. The van der Waals surface area contributed by atoms with Crippen LogP contribution >= 0.6 is 15.9 Å². The topological polar surface area (TPSA) is 167 Å². The third-order valence-electron chi connectivity index (χ3n) is 4.57. The molecule has 1 saturated heterocycles. The highest BCUT2D eigenvalue weighted by molar-refractivity contribution is 9.08. The van der Waals surface area contributed by atoms with E-state index in [0.717, 1.165) is 27.7 Å². The number of hydrogen-bond donors (Lipinski definition) is 0. The van der Waals surface area contributed by atoms with E-state index in [1.165, 1.54) is 12.1 Å². The molecule has 1 aliphatic heterocycles. The molecule has 1 aliphatic rings. The van der Waals surface area contributed by atoms with Crippen LogP contribution in [0.25, 0.3) is 0 Å². The molecule has 14 heteroatoms. The van der Waals surface area contributed by atoms with E-state index >= 15 is 0 Å². The van der Waals surface area contributed by atoms with Gasteiger partial charge in [-0.15, -0.1) is 0 Å². The second-order valence-electron chi connectivity index (χ2n) is 7.38. The maximum atomic E-state index is 11.9. The normalized spacial score (nSPS) is 23.5. The van der Waals surface area contributed by atoms with E-state index in [0.29, 0.717) is 10.9 Å². The predicted octanol–water partition coefficient (Wildman–Crippen LogP) is 1.95. The van der Waals surface area contributed by atoms with E-state index in [4.69, 9.17) is 28.4 Å².